The maximum absolute atomic E-state index is 11.9. The second-order valence-corrected chi connectivity index (χ2v) is 8.16. The Balaban J connectivity index is 0.000000269. The Morgan fingerprint density at radius 1 is 1.20 bits per heavy atom. The van der Waals surface area contributed by atoms with E-state index in [0.717, 1.165) is 4.47 Å². The summed E-state index contributed by atoms with van der Waals surface area (Å²) in [7, 11) is 0. The molecule has 1 aliphatic heterocycles. The summed E-state index contributed by atoms with van der Waals surface area (Å²) in [5.74, 6) is -2.54. The molecule has 1 saturated heterocycles. The summed E-state index contributed by atoms with van der Waals surface area (Å²) in [6, 6.07) is 14.1. The van der Waals surface area contributed by atoms with Crippen LogP contribution in [0.1, 0.15) is 53.1 Å². The normalized spacial score (nSPS) is 18.1. The van der Waals surface area contributed by atoms with Crippen molar-refractivity contribution in [3.05, 3.63) is 69.7 Å². The van der Waals surface area contributed by atoms with Crippen LogP contribution in [-0.2, 0) is 14.2 Å². The van der Waals surface area contributed by atoms with E-state index in [9.17, 15) is 9.59 Å². The lowest BCUT2D eigenvalue weighted by Crippen LogP contribution is -2.25. The monoisotopic (exact) mass is 479 g/mol. The van der Waals surface area contributed by atoms with E-state index < -0.39 is 17.7 Å². The number of aromatic carboxylic acids is 1. The standard InChI is InChI=1S/C14H16O6.C8H10BrN/c1-14(2)19-8-9(20-14)7-18-13(17)11-6-4-3-5-10(11)12(15)16;1-6(10)7-2-4-8(9)5-3-7/h3-6,9H,7-8H2,1-2H3,(H,15,16);2-6H,10H2,1H3/t9-;6-/m11/s1. The van der Waals surface area contributed by atoms with Crippen molar-refractivity contribution in [3.63, 3.8) is 0 Å². The van der Waals surface area contributed by atoms with E-state index in [0.29, 0.717) is 6.61 Å². The van der Waals surface area contributed by atoms with Gasteiger partial charge in [0.15, 0.2) is 5.79 Å². The lowest BCUT2D eigenvalue weighted by Gasteiger charge is -2.17. The molecule has 2 aromatic rings. The molecule has 2 aromatic carbocycles. The van der Waals surface area contributed by atoms with Gasteiger partial charge in [-0.2, -0.15) is 0 Å². The highest BCUT2D eigenvalue weighted by molar-refractivity contribution is 9.10. The molecule has 1 fully saturated rings. The number of esters is 1. The number of halogens is 1. The van der Waals surface area contributed by atoms with E-state index in [1.807, 2.05) is 31.2 Å². The lowest BCUT2D eigenvalue weighted by molar-refractivity contribution is -0.142. The smallest absolute Gasteiger partial charge is 0.339 e. The number of carbonyl (C=O) groups is 2. The van der Waals surface area contributed by atoms with Crippen molar-refractivity contribution < 1.29 is 28.9 Å². The number of carboxylic acid groups (broad SMARTS) is 1. The van der Waals surface area contributed by atoms with Crippen LogP contribution in [0.5, 0.6) is 0 Å². The van der Waals surface area contributed by atoms with Gasteiger partial charge in [-0.05, 0) is 50.6 Å². The van der Waals surface area contributed by atoms with Gasteiger partial charge in [0, 0.05) is 10.5 Å². The first kappa shape index (κ1) is 24.0. The molecule has 0 bridgehead atoms. The molecule has 1 heterocycles. The summed E-state index contributed by atoms with van der Waals surface area (Å²) in [4.78, 5) is 22.9. The second kappa shape index (κ2) is 10.7. The van der Waals surface area contributed by atoms with Gasteiger partial charge in [-0.1, -0.05) is 40.2 Å². The molecular formula is C22H26BrNO6. The van der Waals surface area contributed by atoms with Crippen molar-refractivity contribution in [1.82, 2.24) is 0 Å². The molecule has 162 valence electrons. The summed E-state index contributed by atoms with van der Waals surface area (Å²) in [5.41, 5.74) is 6.76. The number of benzene rings is 2. The molecule has 0 amide bonds. The Morgan fingerprint density at radius 2 is 1.80 bits per heavy atom. The van der Waals surface area contributed by atoms with Crippen LogP contribution < -0.4 is 5.73 Å². The van der Waals surface area contributed by atoms with Crippen molar-refractivity contribution in [2.75, 3.05) is 13.2 Å². The maximum atomic E-state index is 11.9. The number of rotatable bonds is 5. The van der Waals surface area contributed by atoms with Gasteiger partial charge >= 0.3 is 11.9 Å². The number of nitrogens with two attached hydrogens (primary N) is 1. The Morgan fingerprint density at radius 3 is 2.30 bits per heavy atom. The van der Waals surface area contributed by atoms with Crippen LogP contribution in [-0.4, -0.2) is 42.1 Å². The molecule has 3 rings (SSSR count). The predicted molar refractivity (Wildman–Crippen MR) is 115 cm³/mol. The van der Waals surface area contributed by atoms with Gasteiger partial charge in [0.25, 0.3) is 0 Å². The summed E-state index contributed by atoms with van der Waals surface area (Å²) in [5, 5.41) is 9.01. The third-order valence-corrected chi connectivity index (χ3v) is 4.77. The predicted octanol–water partition coefficient (Wildman–Crippen LogP) is 4.16. The third-order valence-electron chi connectivity index (χ3n) is 4.24. The van der Waals surface area contributed by atoms with E-state index in [2.05, 4.69) is 15.9 Å². The van der Waals surface area contributed by atoms with E-state index >= 15 is 0 Å². The molecule has 0 spiro atoms. The summed E-state index contributed by atoms with van der Waals surface area (Å²) in [6.07, 6.45) is -0.342. The quantitative estimate of drug-likeness (QED) is 0.619. The fourth-order valence-electron chi connectivity index (χ4n) is 2.71. The van der Waals surface area contributed by atoms with Gasteiger partial charge in [-0.25, -0.2) is 9.59 Å². The van der Waals surface area contributed by atoms with Gasteiger partial charge in [-0.3, -0.25) is 0 Å². The molecule has 7 nitrogen and oxygen atoms in total. The van der Waals surface area contributed by atoms with Gasteiger partial charge in [0.2, 0.25) is 0 Å². The number of hydrogen-bond donors (Lipinski definition) is 2. The SMILES string of the molecule is CC1(C)OC[C@@H](COC(=O)c2ccccc2C(=O)O)O1.C[C@@H](N)c1ccc(Br)cc1. The Labute approximate surface area is 184 Å². The highest BCUT2D eigenvalue weighted by atomic mass is 79.9. The molecule has 0 aromatic heterocycles. The average Bonchev–Trinajstić information content (AvgIpc) is 3.05. The number of ether oxygens (including phenoxy) is 3. The van der Waals surface area contributed by atoms with Crippen molar-refractivity contribution in [3.8, 4) is 0 Å². The third kappa shape index (κ3) is 7.21. The van der Waals surface area contributed by atoms with E-state index in [-0.39, 0.29) is 29.9 Å². The minimum atomic E-state index is -1.17. The van der Waals surface area contributed by atoms with Crippen molar-refractivity contribution in [2.24, 2.45) is 5.73 Å². The molecule has 0 aliphatic carbocycles. The Kier molecular flexibility index (Phi) is 8.54. The first-order valence-corrected chi connectivity index (χ1v) is 10.2. The highest BCUT2D eigenvalue weighted by Gasteiger charge is 2.33. The van der Waals surface area contributed by atoms with Crippen LogP contribution in [0, 0.1) is 0 Å². The Bertz CT molecular complexity index is 866. The molecule has 0 saturated carbocycles. The zero-order valence-electron chi connectivity index (χ0n) is 17.1. The molecule has 2 atom stereocenters. The number of carbonyl (C=O) groups excluding carboxylic acids is 1. The summed E-state index contributed by atoms with van der Waals surface area (Å²) in [6.45, 7) is 5.88. The van der Waals surface area contributed by atoms with Crippen LogP contribution in [0.3, 0.4) is 0 Å². The van der Waals surface area contributed by atoms with E-state index in [4.69, 9.17) is 25.1 Å². The molecule has 8 heteroatoms. The van der Waals surface area contributed by atoms with Gasteiger partial charge in [-0.15, -0.1) is 0 Å². The van der Waals surface area contributed by atoms with E-state index in [1.165, 1.54) is 17.7 Å². The first-order chi connectivity index (χ1) is 14.1. The van der Waals surface area contributed by atoms with Crippen LogP contribution in [0.15, 0.2) is 53.0 Å². The maximum Gasteiger partial charge on any atom is 0.339 e. The van der Waals surface area contributed by atoms with Crippen LogP contribution in [0.25, 0.3) is 0 Å². The molecule has 30 heavy (non-hydrogen) atoms. The number of hydrogen-bond acceptors (Lipinski definition) is 6. The second-order valence-electron chi connectivity index (χ2n) is 7.24. The number of carboxylic acids is 1. The lowest BCUT2D eigenvalue weighted by atomic mass is 10.1. The van der Waals surface area contributed by atoms with Gasteiger partial charge < -0.3 is 25.1 Å². The van der Waals surface area contributed by atoms with Crippen LogP contribution in [0.4, 0.5) is 0 Å². The van der Waals surface area contributed by atoms with Crippen molar-refractivity contribution in [2.45, 2.75) is 38.7 Å². The fourth-order valence-corrected chi connectivity index (χ4v) is 2.97. The minimum absolute atomic E-state index is 0.0240. The van der Waals surface area contributed by atoms with Crippen molar-refractivity contribution >= 4 is 27.9 Å². The van der Waals surface area contributed by atoms with Crippen LogP contribution in [0.2, 0.25) is 0 Å². The van der Waals surface area contributed by atoms with Crippen LogP contribution >= 0.6 is 15.9 Å². The summed E-state index contributed by atoms with van der Waals surface area (Å²) >= 11 is 3.35. The van der Waals surface area contributed by atoms with Crippen molar-refractivity contribution in [1.29, 1.82) is 0 Å². The fraction of sp³-hybridized carbons (Fsp3) is 0.364. The summed E-state index contributed by atoms with van der Waals surface area (Å²) < 4.78 is 17.0. The zero-order valence-corrected chi connectivity index (χ0v) is 18.7. The topological polar surface area (TPSA) is 108 Å². The van der Waals surface area contributed by atoms with Gasteiger partial charge in [0.1, 0.15) is 12.7 Å². The molecular weight excluding hydrogens is 454 g/mol. The first-order valence-electron chi connectivity index (χ1n) is 9.41. The van der Waals surface area contributed by atoms with E-state index in [1.54, 1.807) is 26.0 Å². The molecule has 0 radical (unpaired) electrons. The average molecular weight is 480 g/mol. The largest absolute Gasteiger partial charge is 0.478 e. The molecule has 1 aliphatic rings. The van der Waals surface area contributed by atoms with Gasteiger partial charge in [0.05, 0.1) is 17.7 Å². The minimum Gasteiger partial charge on any atom is -0.478 e. The highest BCUT2D eigenvalue weighted by Crippen LogP contribution is 2.22. The zero-order chi connectivity index (χ0) is 22.3. The Hall–Kier alpha value is -2.26. The molecule has 3 N–H and O–H groups in total. The molecule has 0 unspecified atom stereocenters.